The Morgan fingerprint density at radius 1 is 1.08 bits per heavy atom. The van der Waals surface area contributed by atoms with Crippen molar-refractivity contribution in [3.05, 3.63) is 11.6 Å². The van der Waals surface area contributed by atoms with Gasteiger partial charge in [0.15, 0.2) is 0 Å². The van der Waals surface area contributed by atoms with Crippen molar-refractivity contribution in [3.63, 3.8) is 0 Å². The largest absolute Gasteiger partial charge is 0.312 e. The van der Waals surface area contributed by atoms with Crippen molar-refractivity contribution in [2.75, 3.05) is 39.8 Å². The molecule has 0 saturated carbocycles. The predicted octanol–water partition coefficient (Wildman–Crippen LogP) is 0.880. The first kappa shape index (κ1) is 18.8. The molecule has 25 heavy (non-hydrogen) atoms. The lowest BCUT2D eigenvalue weighted by Crippen LogP contribution is -2.45. The zero-order valence-electron chi connectivity index (χ0n) is 15.6. The Morgan fingerprint density at radius 2 is 1.84 bits per heavy atom. The van der Waals surface area contributed by atoms with Crippen molar-refractivity contribution in [1.29, 1.82) is 0 Å². The maximum absolute atomic E-state index is 12.8. The van der Waals surface area contributed by atoms with Gasteiger partial charge in [0, 0.05) is 39.1 Å². The molecule has 1 atom stereocenters. The topological polar surface area (TPSA) is 74.6 Å². The molecule has 0 amide bonds. The van der Waals surface area contributed by atoms with Crippen molar-refractivity contribution < 1.29 is 8.42 Å². The van der Waals surface area contributed by atoms with Crippen LogP contribution in [0.2, 0.25) is 0 Å². The maximum Gasteiger partial charge on any atom is 0.282 e. The highest BCUT2D eigenvalue weighted by molar-refractivity contribution is 7.86. The van der Waals surface area contributed by atoms with E-state index in [1.807, 2.05) is 13.8 Å². The minimum Gasteiger partial charge on any atom is -0.312 e. The summed E-state index contributed by atoms with van der Waals surface area (Å²) in [6, 6.07) is 0.293. The average molecular weight is 371 g/mol. The third-order valence-corrected chi connectivity index (χ3v) is 7.63. The van der Waals surface area contributed by atoms with Crippen molar-refractivity contribution in [2.45, 2.75) is 52.1 Å². The van der Waals surface area contributed by atoms with E-state index in [2.05, 4.69) is 26.7 Å². The van der Waals surface area contributed by atoms with Crippen LogP contribution in [0.4, 0.5) is 0 Å². The quantitative estimate of drug-likeness (QED) is 0.769. The van der Waals surface area contributed by atoms with Crippen LogP contribution in [0.5, 0.6) is 0 Å². The van der Waals surface area contributed by atoms with Crippen LogP contribution in [-0.4, -0.2) is 76.5 Å². The molecule has 3 heterocycles. The van der Waals surface area contributed by atoms with Crippen molar-refractivity contribution in [3.8, 4) is 0 Å². The van der Waals surface area contributed by atoms with Crippen molar-refractivity contribution in [1.82, 2.24) is 28.3 Å². The van der Waals surface area contributed by atoms with Crippen molar-refractivity contribution in [2.24, 2.45) is 0 Å². The lowest BCUT2D eigenvalue weighted by atomic mass is 10.0. The highest BCUT2D eigenvalue weighted by Crippen LogP contribution is 2.29. The van der Waals surface area contributed by atoms with Crippen LogP contribution in [0, 0.1) is 0 Å². The van der Waals surface area contributed by atoms with Crippen LogP contribution in [-0.2, 0) is 23.2 Å². The standard InChI is InChI=1S/C16H30N6O2S/c1-4-20(5-2)25(23,24)21-11-9-15-17-18-16(22(15)13-12-21)14-8-6-7-10-19(14)3/h14H,4-13H2,1-3H3/t14-/m0/s1. The lowest BCUT2D eigenvalue weighted by Gasteiger charge is -2.32. The fourth-order valence-electron chi connectivity index (χ4n) is 3.92. The van der Waals surface area contributed by atoms with Crippen LogP contribution in [0.15, 0.2) is 0 Å². The molecule has 2 aliphatic heterocycles. The van der Waals surface area contributed by atoms with Gasteiger partial charge in [-0.2, -0.15) is 17.0 Å². The Balaban J connectivity index is 1.79. The number of piperidine rings is 1. The highest BCUT2D eigenvalue weighted by atomic mass is 32.2. The summed E-state index contributed by atoms with van der Waals surface area (Å²) in [6.07, 6.45) is 4.14. The van der Waals surface area contributed by atoms with Gasteiger partial charge in [-0.3, -0.25) is 4.90 Å². The molecule has 0 radical (unpaired) electrons. The zero-order valence-corrected chi connectivity index (χ0v) is 16.4. The highest BCUT2D eigenvalue weighted by Gasteiger charge is 2.32. The first-order valence-electron chi connectivity index (χ1n) is 9.36. The number of hydrogen-bond donors (Lipinski definition) is 0. The van der Waals surface area contributed by atoms with Crippen LogP contribution < -0.4 is 0 Å². The normalized spacial score (nSPS) is 23.6. The predicted molar refractivity (Wildman–Crippen MR) is 96.4 cm³/mol. The van der Waals surface area contributed by atoms with Crippen LogP contribution >= 0.6 is 0 Å². The molecule has 1 fully saturated rings. The molecule has 1 aromatic heterocycles. The minimum absolute atomic E-state index is 0.293. The zero-order chi connectivity index (χ0) is 18.0. The molecule has 3 rings (SSSR count). The molecule has 0 bridgehead atoms. The lowest BCUT2D eigenvalue weighted by molar-refractivity contribution is 0.174. The van der Waals surface area contributed by atoms with Gasteiger partial charge in [-0.1, -0.05) is 20.3 Å². The summed E-state index contributed by atoms with van der Waals surface area (Å²) in [7, 11) is -1.26. The van der Waals surface area contributed by atoms with E-state index in [-0.39, 0.29) is 0 Å². The van der Waals surface area contributed by atoms with E-state index in [9.17, 15) is 8.42 Å². The van der Waals surface area contributed by atoms with Crippen LogP contribution in [0.3, 0.4) is 0 Å². The molecular formula is C16H30N6O2S. The second-order valence-corrected chi connectivity index (χ2v) is 8.79. The smallest absolute Gasteiger partial charge is 0.282 e. The van der Waals surface area contributed by atoms with E-state index in [0.717, 1.165) is 24.6 Å². The molecule has 0 aliphatic carbocycles. The van der Waals surface area contributed by atoms with Gasteiger partial charge in [0.1, 0.15) is 11.6 Å². The minimum atomic E-state index is -3.40. The van der Waals surface area contributed by atoms with E-state index in [1.165, 1.54) is 17.1 Å². The van der Waals surface area contributed by atoms with Gasteiger partial charge < -0.3 is 4.57 Å². The molecule has 2 aliphatic rings. The SMILES string of the molecule is CCN(CC)S(=O)(=O)N1CCc2nnc([C@@H]3CCCCN3C)n2CC1. The molecule has 1 saturated heterocycles. The van der Waals surface area contributed by atoms with E-state index < -0.39 is 10.2 Å². The van der Waals surface area contributed by atoms with E-state index in [4.69, 9.17) is 0 Å². The summed E-state index contributed by atoms with van der Waals surface area (Å²) in [5, 5.41) is 8.84. The van der Waals surface area contributed by atoms with Gasteiger partial charge in [-0.05, 0) is 26.4 Å². The van der Waals surface area contributed by atoms with Gasteiger partial charge in [0.2, 0.25) is 0 Å². The fourth-order valence-corrected chi connectivity index (χ4v) is 5.53. The third kappa shape index (κ3) is 3.60. The Bertz CT molecular complexity index is 685. The van der Waals surface area contributed by atoms with Crippen LogP contribution in [0.25, 0.3) is 0 Å². The van der Waals surface area contributed by atoms with E-state index >= 15 is 0 Å². The Hall–Kier alpha value is -1.03. The first-order chi connectivity index (χ1) is 12.0. The van der Waals surface area contributed by atoms with Crippen LogP contribution in [0.1, 0.15) is 50.8 Å². The molecule has 8 nitrogen and oxygen atoms in total. The maximum atomic E-state index is 12.8. The van der Waals surface area contributed by atoms with Crippen molar-refractivity contribution >= 4 is 10.2 Å². The third-order valence-electron chi connectivity index (χ3n) is 5.44. The van der Waals surface area contributed by atoms with E-state index in [1.54, 1.807) is 4.31 Å². The summed E-state index contributed by atoms with van der Waals surface area (Å²) < 4.78 is 30.9. The Kier molecular flexibility index (Phi) is 5.77. The Labute approximate surface area is 151 Å². The molecule has 142 valence electrons. The summed E-state index contributed by atoms with van der Waals surface area (Å²) in [5.74, 6) is 1.91. The molecule has 1 aromatic rings. The summed E-state index contributed by atoms with van der Waals surface area (Å²) >= 11 is 0. The number of aromatic nitrogens is 3. The average Bonchev–Trinajstić information content (AvgIpc) is 2.86. The number of fused-ring (bicyclic) bond motifs is 1. The first-order valence-corrected chi connectivity index (χ1v) is 10.8. The molecule has 0 spiro atoms. The van der Waals surface area contributed by atoms with Gasteiger partial charge >= 0.3 is 0 Å². The number of hydrogen-bond acceptors (Lipinski definition) is 5. The fraction of sp³-hybridized carbons (Fsp3) is 0.875. The summed E-state index contributed by atoms with van der Waals surface area (Å²) in [4.78, 5) is 2.34. The second-order valence-electron chi connectivity index (χ2n) is 6.86. The Morgan fingerprint density at radius 3 is 2.52 bits per heavy atom. The van der Waals surface area contributed by atoms with Gasteiger partial charge in [-0.25, -0.2) is 0 Å². The second kappa shape index (κ2) is 7.69. The molecule has 0 unspecified atom stereocenters. The van der Waals surface area contributed by atoms with E-state index in [0.29, 0.717) is 45.2 Å². The molecule has 0 N–H and O–H groups in total. The summed E-state index contributed by atoms with van der Waals surface area (Å²) in [5.41, 5.74) is 0. The monoisotopic (exact) mass is 370 g/mol. The number of nitrogens with zero attached hydrogens (tertiary/aromatic N) is 6. The molecule has 9 heteroatoms. The van der Waals surface area contributed by atoms with Gasteiger partial charge in [-0.15, -0.1) is 10.2 Å². The van der Waals surface area contributed by atoms with Gasteiger partial charge in [0.25, 0.3) is 10.2 Å². The number of rotatable bonds is 5. The molecular weight excluding hydrogens is 340 g/mol. The molecule has 0 aromatic carbocycles. The van der Waals surface area contributed by atoms with Gasteiger partial charge in [0.05, 0.1) is 6.04 Å². The summed E-state index contributed by atoms with van der Waals surface area (Å²) in [6.45, 7) is 7.41. The number of likely N-dealkylation sites (tertiary alicyclic amines) is 1.